The van der Waals surface area contributed by atoms with E-state index < -0.39 is 0 Å². The van der Waals surface area contributed by atoms with E-state index in [1.807, 2.05) is 0 Å². The van der Waals surface area contributed by atoms with E-state index in [0.717, 1.165) is 12.0 Å². The minimum atomic E-state index is -0.133. The molecule has 1 N–H and O–H groups in total. The quantitative estimate of drug-likeness (QED) is 0.587. The number of ether oxygens (including phenoxy) is 3. The Kier molecular flexibility index (Phi) is 6.59. The molecule has 5 nitrogen and oxygen atoms in total. The molecule has 136 valence electrons. The van der Waals surface area contributed by atoms with Gasteiger partial charge in [0, 0.05) is 19.2 Å². The second-order valence-corrected chi connectivity index (χ2v) is 6.75. The maximum Gasteiger partial charge on any atom is 0.244 e. The van der Waals surface area contributed by atoms with Crippen LogP contribution in [-0.4, -0.2) is 32.0 Å². The van der Waals surface area contributed by atoms with Crippen molar-refractivity contribution in [1.82, 2.24) is 5.32 Å². The number of carbonyl (C=O) groups is 1. The molecule has 2 aliphatic rings. The first-order valence-corrected chi connectivity index (χ1v) is 9.27. The van der Waals surface area contributed by atoms with Crippen molar-refractivity contribution in [3.05, 3.63) is 28.8 Å². The van der Waals surface area contributed by atoms with Gasteiger partial charge in [-0.1, -0.05) is 30.9 Å². The summed E-state index contributed by atoms with van der Waals surface area (Å²) < 4.78 is 16.4. The zero-order valence-corrected chi connectivity index (χ0v) is 15.0. The summed E-state index contributed by atoms with van der Waals surface area (Å²) in [5.41, 5.74) is 0.796. The van der Waals surface area contributed by atoms with E-state index in [-0.39, 0.29) is 12.7 Å². The predicted molar refractivity (Wildman–Crippen MR) is 97.1 cm³/mol. The van der Waals surface area contributed by atoms with E-state index in [0.29, 0.717) is 35.8 Å². The van der Waals surface area contributed by atoms with Gasteiger partial charge < -0.3 is 19.5 Å². The van der Waals surface area contributed by atoms with Crippen LogP contribution in [0.25, 0.3) is 6.08 Å². The van der Waals surface area contributed by atoms with Crippen LogP contribution in [-0.2, 0) is 9.53 Å². The Hall–Kier alpha value is -1.72. The number of halogens is 1. The lowest BCUT2D eigenvalue weighted by molar-refractivity contribution is -0.116. The molecule has 0 atom stereocenters. The van der Waals surface area contributed by atoms with Gasteiger partial charge in [0.2, 0.25) is 12.7 Å². The topological polar surface area (TPSA) is 56.8 Å². The molecule has 0 aromatic heterocycles. The van der Waals surface area contributed by atoms with Crippen molar-refractivity contribution in [3.8, 4) is 11.5 Å². The smallest absolute Gasteiger partial charge is 0.244 e. The molecule has 1 saturated carbocycles. The molecule has 1 amide bonds. The Morgan fingerprint density at radius 3 is 2.96 bits per heavy atom. The highest BCUT2D eigenvalue weighted by Crippen LogP contribution is 2.40. The summed E-state index contributed by atoms with van der Waals surface area (Å²) in [7, 11) is 0. The van der Waals surface area contributed by atoms with Crippen molar-refractivity contribution in [3.63, 3.8) is 0 Å². The molecule has 0 radical (unpaired) electrons. The molecule has 0 saturated heterocycles. The van der Waals surface area contributed by atoms with Gasteiger partial charge in [-0.2, -0.15) is 0 Å². The van der Waals surface area contributed by atoms with Crippen LogP contribution in [0.4, 0.5) is 0 Å². The van der Waals surface area contributed by atoms with Gasteiger partial charge in [0.15, 0.2) is 11.5 Å². The first-order chi connectivity index (χ1) is 12.2. The van der Waals surface area contributed by atoms with E-state index in [9.17, 15) is 4.79 Å². The Labute approximate surface area is 153 Å². The highest BCUT2D eigenvalue weighted by Gasteiger charge is 2.17. The van der Waals surface area contributed by atoms with Crippen LogP contribution in [0.5, 0.6) is 11.5 Å². The molecular formula is C19H24ClNO4. The minimum Gasteiger partial charge on any atom is -0.454 e. The number of rotatable bonds is 7. The van der Waals surface area contributed by atoms with E-state index in [4.69, 9.17) is 25.8 Å². The molecule has 1 aromatic rings. The molecule has 0 bridgehead atoms. The summed E-state index contributed by atoms with van der Waals surface area (Å²) in [6, 6.07) is 3.55. The van der Waals surface area contributed by atoms with E-state index in [1.54, 1.807) is 18.2 Å². The molecule has 25 heavy (non-hydrogen) atoms. The van der Waals surface area contributed by atoms with Crippen molar-refractivity contribution >= 4 is 23.6 Å². The first kappa shape index (κ1) is 18.1. The van der Waals surface area contributed by atoms with Crippen LogP contribution in [0.1, 0.15) is 44.1 Å². The third-order valence-electron chi connectivity index (χ3n) is 4.40. The number of benzene rings is 1. The van der Waals surface area contributed by atoms with Crippen molar-refractivity contribution in [2.24, 2.45) is 0 Å². The predicted octanol–water partition coefficient (Wildman–Crippen LogP) is 3.94. The van der Waals surface area contributed by atoms with E-state index in [2.05, 4.69) is 5.32 Å². The Morgan fingerprint density at radius 2 is 2.12 bits per heavy atom. The molecule has 6 heteroatoms. The molecule has 1 aromatic carbocycles. The average molecular weight is 366 g/mol. The van der Waals surface area contributed by atoms with Gasteiger partial charge in [0.25, 0.3) is 0 Å². The van der Waals surface area contributed by atoms with Gasteiger partial charge in [-0.15, -0.1) is 0 Å². The molecule has 0 spiro atoms. The summed E-state index contributed by atoms with van der Waals surface area (Å²) in [6.45, 7) is 1.48. The van der Waals surface area contributed by atoms with Gasteiger partial charge in [-0.25, -0.2) is 0 Å². The van der Waals surface area contributed by atoms with E-state index in [1.165, 1.54) is 38.2 Å². The van der Waals surface area contributed by atoms with Gasteiger partial charge >= 0.3 is 0 Å². The minimum absolute atomic E-state index is 0.133. The Morgan fingerprint density at radius 1 is 1.28 bits per heavy atom. The van der Waals surface area contributed by atoms with Crippen LogP contribution in [0.3, 0.4) is 0 Å². The van der Waals surface area contributed by atoms with Crippen LogP contribution < -0.4 is 14.8 Å². The normalized spacial score (nSPS) is 17.2. The number of hydrogen-bond acceptors (Lipinski definition) is 4. The van der Waals surface area contributed by atoms with Gasteiger partial charge in [0.05, 0.1) is 11.1 Å². The molecule has 3 rings (SSSR count). The SMILES string of the molecule is O=C(C=Cc1cc(Cl)c2c(c1)OCO2)NCCCOC1CCCCC1. The number of nitrogens with one attached hydrogen (secondary N) is 1. The van der Waals surface area contributed by atoms with Gasteiger partial charge in [-0.05, 0) is 43.0 Å². The van der Waals surface area contributed by atoms with Crippen molar-refractivity contribution in [2.45, 2.75) is 44.6 Å². The van der Waals surface area contributed by atoms with Crippen molar-refractivity contribution < 1.29 is 19.0 Å². The molecule has 1 fully saturated rings. The lowest BCUT2D eigenvalue weighted by Crippen LogP contribution is -2.24. The number of fused-ring (bicyclic) bond motifs is 1. The summed E-state index contributed by atoms with van der Waals surface area (Å²) in [4.78, 5) is 11.9. The lowest BCUT2D eigenvalue weighted by atomic mass is 9.98. The van der Waals surface area contributed by atoms with Crippen LogP contribution >= 0.6 is 11.6 Å². The number of amides is 1. The summed E-state index contributed by atoms with van der Waals surface area (Å²) in [6.07, 6.45) is 10.7. The Bertz CT molecular complexity index is 626. The zero-order valence-electron chi connectivity index (χ0n) is 14.3. The highest BCUT2D eigenvalue weighted by atomic mass is 35.5. The van der Waals surface area contributed by atoms with Gasteiger partial charge in [0.1, 0.15) is 0 Å². The van der Waals surface area contributed by atoms with Crippen molar-refractivity contribution in [2.75, 3.05) is 19.9 Å². The van der Waals surface area contributed by atoms with Crippen LogP contribution in [0.15, 0.2) is 18.2 Å². The van der Waals surface area contributed by atoms with Crippen molar-refractivity contribution in [1.29, 1.82) is 0 Å². The maximum atomic E-state index is 11.9. The molecule has 1 heterocycles. The molecule has 1 aliphatic heterocycles. The third kappa shape index (κ3) is 5.38. The first-order valence-electron chi connectivity index (χ1n) is 8.89. The summed E-state index contributed by atoms with van der Waals surface area (Å²) in [5, 5.41) is 3.34. The third-order valence-corrected chi connectivity index (χ3v) is 4.68. The van der Waals surface area contributed by atoms with Crippen LogP contribution in [0, 0.1) is 0 Å². The standard InChI is InChI=1S/C19H24ClNO4/c20-16-11-14(12-17-19(16)25-13-24-17)7-8-18(22)21-9-4-10-23-15-5-2-1-3-6-15/h7-8,11-12,15H,1-6,9-10,13H2,(H,21,22). The fourth-order valence-electron chi connectivity index (χ4n) is 3.08. The summed E-state index contributed by atoms with van der Waals surface area (Å²) >= 11 is 6.12. The zero-order chi connectivity index (χ0) is 17.5. The molecule has 0 unspecified atom stereocenters. The second kappa shape index (κ2) is 9.11. The highest BCUT2D eigenvalue weighted by molar-refractivity contribution is 6.32. The fraction of sp³-hybridized carbons (Fsp3) is 0.526. The average Bonchev–Trinajstić information content (AvgIpc) is 3.10. The lowest BCUT2D eigenvalue weighted by Gasteiger charge is -2.21. The maximum absolute atomic E-state index is 11.9. The number of hydrogen-bond donors (Lipinski definition) is 1. The number of carbonyl (C=O) groups excluding carboxylic acids is 1. The molecule has 1 aliphatic carbocycles. The Balaban J connectivity index is 1.36. The fourth-order valence-corrected chi connectivity index (χ4v) is 3.35. The largest absolute Gasteiger partial charge is 0.454 e. The van der Waals surface area contributed by atoms with Gasteiger partial charge in [-0.3, -0.25) is 4.79 Å². The van der Waals surface area contributed by atoms with Crippen LogP contribution in [0.2, 0.25) is 5.02 Å². The molecular weight excluding hydrogens is 342 g/mol. The monoisotopic (exact) mass is 365 g/mol. The van der Waals surface area contributed by atoms with E-state index >= 15 is 0 Å². The second-order valence-electron chi connectivity index (χ2n) is 6.35. The summed E-state index contributed by atoms with van der Waals surface area (Å²) in [5.74, 6) is 1.03.